The number of halogens is 1. The molecule has 2 aromatic carbocycles. The molecule has 1 aliphatic rings. The highest BCUT2D eigenvalue weighted by Gasteiger charge is 2.23. The smallest absolute Gasteiger partial charge is 0.251 e. The lowest BCUT2D eigenvalue weighted by molar-refractivity contribution is 0.0930. The van der Waals surface area contributed by atoms with Crippen LogP contribution in [0.5, 0.6) is 17.2 Å². The van der Waals surface area contributed by atoms with Crippen LogP contribution >= 0.6 is 15.9 Å². The molecule has 162 valence electrons. The highest BCUT2D eigenvalue weighted by molar-refractivity contribution is 9.10. The van der Waals surface area contributed by atoms with Crippen molar-refractivity contribution in [2.24, 2.45) is 0 Å². The Morgan fingerprint density at radius 3 is 2.43 bits per heavy atom. The average Bonchev–Trinajstić information content (AvgIpc) is 2.78. The first-order valence-electron chi connectivity index (χ1n) is 10.3. The van der Waals surface area contributed by atoms with Gasteiger partial charge in [0.15, 0.2) is 11.5 Å². The Morgan fingerprint density at radius 2 is 1.83 bits per heavy atom. The number of methoxy groups -OCH3 is 2. The maximum Gasteiger partial charge on any atom is 0.251 e. The van der Waals surface area contributed by atoms with Gasteiger partial charge >= 0.3 is 0 Å². The molecule has 1 fully saturated rings. The molecule has 7 heteroatoms. The first-order valence-corrected chi connectivity index (χ1v) is 11.0. The number of hydrogen-bond acceptors (Lipinski definition) is 5. The van der Waals surface area contributed by atoms with Crippen molar-refractivity contribution in [3.63, 3.8) is 0 Å². The molecule has 0 unspecified atom stereocenters. The van der Waals surface area contributed by atoms with Crippen molar-refractivity contribution in [2.45, 2.75) is 32.2 Å². The van der Waals surface area contributed by atoms with E-state index in [0.717, 1.165) is 42.6 Å². The van der Waals surface area contributed by atoms with Crippen LogP contribution in [0.1, 0.15) is 36.5 Å². The summed E-state index contributed by atoms with van der Waals surface area (Å²) in [5.74, 6) is 1.94. The fourth-order valence-corrected chi connectivity index (χ4v) is 4.10. The number of amides is 1. The molecule has 3 rings (SSSR count). The van der Waals surface area contributed by atoms with Gasteiger partial charge in [0.2, 0.25) is 0 Å². The zero-order chi connectivity index (χ0) is 21.5. The average molecular weight is 477 g/mol. The van der Waals surface area contributed by atoms with E-state index >= 15 is 0 Å². The van der Waals surface area contributed by atoms with Gasteiger partial charge < -0.3 is 24.4 Å². The van der Waals surface area contributed by atoms with Crippen molar-refractivity contribution in [1.29, 1.82) is 0 Å². The number of carbonyl (C=O) groups is 1. The number of nitrogens with one attached hydrogen (secondary N) is 1. The van der Waals surface area contributed by atoms with E-state index in [2.05, 4.69) is 38.3 Å². The maximum atomic E-state index is 12.8. The normalized spacial score (nSPS) is 14.3. The van der Waals surface area contributed by atoms with E-state index in [9.17, 15) is 4.79 Å². The molecule has 1 saturated heterocycles. The summed E-state index contributed by atoms with van der Waals surface area (Å²) in [5, 5.41) is 3.16. The van der Waals surface area contributed by atoms with Gasteiger partial charge in [0.1, 0.15) is 5.75 Å². The van der Waals surface area contributed by atoms with Gasteiger partial charge in [0.05, 0.1) is 25.3 Å². The van der Waals surface area contributed by atoms with Crippen molar-refractivity contribution < 1.29 is 19.0 Å². The summed E-state index contributed by atoms with van der Waals surface area (Å²) in [6.07, 6.45) is 2.69. The number of carbonyl (C=O) groups excluding carboxylic acids is 1. The summed E-state index contributed by atoms with van der Waals surface area (Å²) in [4.78, 5) is 15.2. The molecule has 0 radical (unpaired) electrons. The van der Waals surface area contributed by atoms with Crippen LogP contribution in [0.3, 0.4) is 0 Å². The van der Waals surface area contributed by atoms with Crippen LogP contribution in [0.4, 0.5) is 5.69 Å². The molecule has 1 heterocycles. The molecule has 1 aliphatic heterocycles. The quantitative estimate of drug-likeness (QED) is 0.600. The SMILES string of the molecule is CCCOc1c(Br)cc(C(=O)NC2CCN(c3ccc(OC)cc3)CC2)cc1OC. The van der Waals surface area contributed by atoms with E-state index in [1.165, 1.54) is 5.69 Å². The molecule has 0 saturated carbocycles. The Bertz CT molecular complexity index is 849. The molecule has 0 aliphatic carbocycles. The number of anilines is 1. The monoisotopic (exact) mass is 476 g/mol. The Hall–Kier alpha value is -2.41. The van der Waals surface area contributed by atoms with Gasteiger partial charge in [-0.25, -0.2) is 0 Å². The number of benzene rings is 2. The number of piperidine rings is 1. The third-order valence-corrected chi connectivity index (χ3v) is 5.80. The molecule has 2 aromatic rings. The van der Waals surface area contributed by atoms with Gasteiger partial charge in [0, 0.05) is 30.4 Å². The molecular formula is C23H29BrN2O4. The lowest BCUT2D eigenvalue weighted by Gasteiger charge is -2.34. The van der Waals surface area contributed by atoms with Gasteiger partial charge in [-0.05, 0) is 71.6 Å². The number of rotatable bonds is 8. The largest absolute Gasteiger partial charge is 0.497 e. The zero-order valence-electron chi connectivity index (χ0n) is 17.7. The van der Waals surface area contributed by atoms with E-state index in [-0.39, 0.29) is 11.9 Å². The molecule has 1 N–H and O–H groups in total. The van der Waals surface area contributed by atoms with Crippen LogP contribution in [0.15, 0.2) is 40.9 Å². The van der Waals surface area contributed by atoms with E-state index in [1.807, 2.05) is 19.1 Å². The van der Waals surface area contributed by atoms with E-state index in [4.69, 9.17) is 14.2 Å². The lowest BCUT2D eigenvalue weighted by atomic mass is 10.0. The molecule has 0 bridgehead atoms. The summed E-state index contributed by atoms with van der Waals surface area (Å²) in [7, 11) is 3.25. The molecule has 0 spiro atoms. The topological polar surface area (TPSA) is 60.0 Å². The molecular weight excluding hydrogens is 448 g/mol. The van der Waals surface area contributed by atoms with E-state index < -0.39 is 0 Å². The highest BCUT2D eigenvalue weighted by Crippen LogP contribution is 2.37. The first kappa shape index (κ1) is 22.3. The molecule has 0 atom stereocenters. The summed E-state index contributed by atoms with van der Waals surface area (Å²) >= 11 is 3.51. The standard InChI is InChI=1S/C23H29BrN2O4/c1-4-13-30-22-20(24)14-16(15-21(22)29-3)23(27)25-17-9-11-26(12-10-17)18-5-7-19(28-2)8-6-18/h5-8,14-15,17H,4,9-13H2,1-3H3,(H,25,27). The van der Waals surface area contributed by atoms with E-state index in [0.29, 0.717) is 23.7 Å². The molecule has 30 heavy (non-hydrogen) atoms. The van der Waals surface area contributed by atoms with E-state index in [1.54, 1.807) is 26.4 Å². The van der Waals surface area contributed by atoms with Gasteiger partial charge in [-0.15, -0.1) is 0 Å². The number of ether oxygens (including phenoxy) is 3. The minimum atomic E-state index is -0.0982. The third-order valence-electron chi connectivity index (χ3n) is 5.21. The minimum absolute atomic E-state index is 0.0982. The summed E-state index contributed by atoms with van der Waals surface area (Å²) < 4.78 is 17.1. The molecule has 1 amide bonds. The Morgan fingerprint density at radius 1 is 1.13 bits per heavy atom. The fraction of sp³-hybridized carbons (Fsp3) is 0.435. The highest BCUT2D eigenvalue weighted by atomic mass is 79.9. The van der Waals surface area contributed by atoms with Crippen LogP contribution in [0.2, 0.25) is 0 Å². The summed E-state index contributed by atoms with van der Waals surface area (Å²) in [6, 6.07) is 11.8. The second-order valence-corrected chi connectivity index (χ2v) is 8.13. The number of nitrogens with zero attached hydrogens (tertiary/aromatic N) is 1. The van der Waals surface area contributed by atoms with Crippen LogP contribution in [-0.4, -0.2) is 45.9 Å². The second kappa shape index (κ2) is 10.6. The third kappa shape index (κ3) is 5.39. The van der Waals surface area contributed by atoms with Crippen molar-refractivity contribution in [1.82, 2.24) is 5.32 Å². The van der Waals surface area contributed by atoms with Crippen molar-refractivity contribution in [2.75, 3.05) is 38.8 Å². The van der Waals surface area contributed by atoms with Crippen molar-refractivity contribution in [3.05, 3.63) is 46.4 Å². The summed E-state index contributed by atoms with van der Waals surface area (Å²) in [5.41, 5.74) is 1.73. The van der Waals surface area contributed by atoms with Crippen LogP contribution in [-0.2, 0) is 0 Å². The van der Waals surface area contributed by atoms with Crippen molar-refractivity contribution in [3.8, 4) is 17.2 Å². The van der Waals surface area contributed by atoms with Gasteiger partial charge in [-0.2, -0.15) is 0 Å². The van der Waals surface area contributed by atoms with Crippen molar-refractivity contribution >= 4 is 27.5 Å². The van der Waals surface area contributed by atoms with Gasteiger partial charge in [-0.1, -0.05) is 6.92 Å². The zero-order valence-corrected chi connectivity index (χ0v) is 19.3. The maximum absolute atomic E-state index is 12.8. The van der Waals surface area contributed by atoms with Crippen LogP contribution < -0.4 is 24.4 Å². The number of hydrogen-bond donors (Lipinski definition) is 1. The second-order valence-electron chi connectivity index (χ2n) is 7.27. The lowest BCUT2D eigenvalue weighted by Crippen LogP contribution is -2.44. The predicted molar refractivity (Wildman–Crippen MR) is 122 cm³/mol. The first-order chi connectivity index (χ1) is 14.5. The van der Waals surface area contributed by atoms with Gasteiger partial charge in [0.25, 0.3) is 5.91 Å². The molecule has 0 aromatic heterocycles. The van der Waals surface area contributed by atoms with Crippen LogP contribution in [0.25, 0.3) is 0 Å². The Balaban J connectivity index is 1.59. The predicted octanol–water partition coefficient (Wildman–Crippen LogP) is 4.65. The minimum Gasteiger partial charge on any atom is -0.497 e. The molecule has 6 nitrogen and oxygen atoms in total. The fourth-order valence-electron chi connectivity index (χ4n) is 3.54. The van der Waals surface area contributed by atoms with Gasteiger partial charge in [-0.3, -0.25) is 4.79 Å². The van der Waals surface area contributed by atoms with Crippen LogP contribution in [0, 0.1) is 0 Å². The Labute approximate surface area is 186 Å². The summed E-state index contributed by atoms with van der Waals surface area (Å²) in [6.45, 7) is 4.43. The Kier molecular flexibility index (Phi) is 7.85.